The van der Waals surface area contributed by atoms with Crippen molar-refractivity contribution >= 4 is 59.5 Å². The van der Waals surface area contributed by atoms with Crippen LogP contribution in [0.5, 0.6) is 0 Å². The van der Waals surface area contributed by atoms with Gasteiger partial charge in [0.1, 0.15) is 47.9 Å². The molecular formula is C48H90N12O11. The molecule has 23 nitrogen and oxygen atoms in total. The molecule has 0 bridgehead atoms. The summed E-state index contributed by atoms with van der Waals surface area (Å²) in [5, 5.41) is 29.2. The molecule has 0 aliphatic carbocycles. The third kappa shape index (κ3) is 28.5. The summed E-state index contributed by atoms with van der Waals surface area (Å²) in [7, 11) is 0. The molecule has 0 spiro atoms. The van der Waals surface area contributed by atoms with Crippen molar-refractivity contribution in [1.29, 1.82) is 0 Å². The van der Waals surface area contributed by atoms with Gasteiger partial charge in [0.05, 0.1) is 0 Å². The number of nitrogens with two attached hydrogens (primary N) is 1. The summed E-state index contributed by atoms with van der Waals surface area (Å²) in [6, 6.07) is -9.94. The fraction of sp³-hybridized carbons (Fsp3) is 0.792. The molecule has 0 aliphatic rings. The third-order valence-corrected chi connectivity index (χ3v) is 10.6. The molecule has 12 amide bonds. The Morgan fingerprint density at radius 1 is 0.408 bits per heavy atom. The van der Waals surface area contributed by atoms with E-state index < -0.39 is 119 Å². The number of carbonyl (C=O) groups excluding carboxylic acids is 10. The molecule has 13 N–H and O–H groups in total. The number of amides is 12. The zero-order chi connectivity index (χ0) is 55.1. The molecule has 0 fully saturated rings. The average Bonchev–Trinajstić information content (AvgIpc) is 3.21. The van der Waals surface area contributed by atoms with E-state index in [2.05, 4.69) is 58.5 Å². The van der Waals surface area contributed by atoms with Gasteiger partial charge >= 0.3 is 18.2 Å². The molecule has 0 aromatic carbocycles. The van der Waals surface area contributed by atoms with E-state index in [1.807, 2.05) is 69.2 Å². The highest BCUT2D eigenvalue weighted by Crippen LogP contribution is 2.13. The molecule has 0 aliphatic heterocycles. The van der Waals surface area contributed by atoms with Crippen LogP contribution in [0.2, 0.25) is 0 Å². The van der Waals surface area contributed by atoms with Crippen LogP contribution in [0.15, 0.2) is 0 Å². The number of urea groups is 2. The molecule has 0 saturated carbocycles. The van der Waals surface area contributed by atoms with Gasteiger partial charge in [-0.15, -0.1) is 0 Å². The lowest BCUT2D eigenvalue weighted by atomic mass is 10.00. The summed E-state index contributed by atoms with van der Waals surface area (Å²) < 4.78 is 5.31. The fourth-order valence-corrected chi connectivity index (χ4v) is 6.81. The molecular weight excluding hydrogens is 921 g/mol. The molecule has 0 aromatic rings. The van der Waals surface area contributed by atoms with E-state index in [9.17, 15) is 47.9 Å². The van der Waals surface area contributed by atoms with Gasteiger partial charge in [-0.05, 0) is 104 Å². The van der Waals surface area contributed by atoms with Crippen LogP contribution in [0, 0.1) is 29.6 Å². The zero-order valence-corrected chi connectivity index (χ0v) is 45.4. The normalized spacial score (nSPS) is 15.4. The summed E-state index contributed by atoms with van der Waals surface area (Å²) in [5.74, 6) is -4.88. The first-order chi connectivity index (χ1) is 32.6. The minimum absolute atomic E-state index is 0.00299. The van der Waals surface area contributed by atoms with Crippen LogP contribution in [0.25, 0.3) is 0 Å². The van der Waals surface area contributed by atoms with Gasteiger partial charge in [-0.3, -0.25) is 33.6 Å². The highest BCUT2D eigenvalue weighted by Gasteiger charge is 2.33. The Morgan fingerprint density at radius 3 is 1.03 bits per heavy atom. The quantitative estimate of drug-likeness (QED) is 0.0510. The van der Waals surface area contributed by atoms with Gasteiger partial charge in [-0.1, -0.05) is 69.2 Å². The van der Waals surface area contributed by atoms with E-state index >= 15 is 0 Å². The third-order valence-electron chi connectivity index (χ3n) is 10.6. The van der Waals surface area contributed by atoms with E-state index in [-0.39, 0.29) is 68.4 Å². The molecule has 0 aromatic heterocycles. The maximum absolute atomic E-state index is 13.7. The van der Waals surface area contributed by atoms with E-state index in [1.165, 1.54) is 20.8 Å². The van der Waals surface area contributed by atoms with Gasteiger partial charge in [0.25, 0.3) is 0 Å². The van der Waals surface area contributed by atoms with Crippen LogP contribution in [-0.4, -0.2) is 133 Å². The average molecular weight is 1010 g/mol. The molecule has 71 heavy (non-hydrogen) atoms. The summed E-state index contributed by atoms with van der Waals surface area (Å²) in [6.07, 6.45) is 0.0640. The van der Waals surface area contributed by atoms with Gasteiger partial charge in [0.2, 0.25) is 41.4 Å². The lowest BCUT2D eigenvalue weighted by Gasteiger charge is -2.28. The van der Waals surface area contributed by atoms with Gasteiger partial charge in [0.15, 0.2) is 0 Å². The summed E-state index contributed by atoms with van der Waals surface area (Å²) in [6.45, 7) is 29.8. The van der Waals surface area contributed by atoms with Crippen molar-refractivity contribution < 1.29 is 52.7 Å². The number of hydrogen-bond acceptors (Lipinski definition) is 11. The van der Waals surface area contributed by atoms with Crippen LogP contribution >= 0.6 is 0 Å². The van der Waals surface area contributed by atoms with Crippen LogP contribution in [0.3, 0.4) is 0 Å². The number of hydrogen-bond donors (Lipinski definition) is 12. The highest BCUT2D eigenvalue weighted by atomic mass is 16.6. The molecule has 0 saturated heterocycles. The monoisotopic (exact) mass is 1010 g/mol. The minimum atomic E-state index is -1.19. The number of nitrogens with one attached hydrogen (secondary N) is 11. The van der Waals surface area contributed by atoms with Gasteiger partial charge in [-0.25, -0.2) is 14.4 Å². The largest absolute Gasteiger partial charge is 0.444 e. The van der Waals surface area contributed by atoms with Crippen LogP contribution < -0.4 is 64.2 Å². The van der Waals surface area contributed by atoms with Crippen molar-refractivity contribution in [2.24, 2.45) is 35.3 Å². The molecule has 0 radical (unpaired) electrons. The van der Waals surface area contributed by atoms with E-state index in [4.69, 9.17) is 10.5 Å². The van der Waals surface area contributed by atoms with Crippen molar-refractivity contribution in [1.82, 2.24) is 58.5 Å². The predicted octanol–water partition coefficient (Wildman–Crippen LogP) is 1.53. The Labute approximate surface area is 421 Å². The van der Waals surface area contributed by atoms with Gasteiger partial charge < -0.3 is 69.0 Å². The number of alkyl carbamates (subject to hydrolysis) is 1. The Bertz CT molecular complexity index is 1790. The van der Waals surface area contributed by atoms with E-state index in [1.54, 1.807) is 27.7 Å². The Hall–Kier alpha value is -5.90. The smallest absolute Gasteiger partial charge is 0.408 e. The lowest BCUT2D eigenvalue weighted by molar-refractivity contribution is -0.135. The molecule has 9 atom stereocenters. The van der Waals surface area contributed by atoms with Crippen molar-refractivity contribution in [3.63, 3.8) is 0 Å². The van der Waals surface area contributed by atoms with Crippen LogP contribution in [0.4, 0.5) is 14.4 Å². The van der Waals surface area contributed by atoms with Crippen molar-refractivity contribution in [3.8, 4) is 0 Å². The van der Waals surface area contributed by atoms with Gasteiger partial charge in [0, 0.05) is 25.2 Å². The summed E-state index contributed by atoms with van der Waals surface area (Å²) in [4.78, 5) is 131. The molecule has 0 unspecified atom stereocenters. The predicted molar refractivity (Wildman–Crippen MR) is 270 cm³/mol. The first-order valence-electron chi connectivity index (χ1n) is 24.8. The topological polar surface area (TPSA) is 338 Å². The zero-order valence-electron chi connectivity index (χ0n) is 45.4. The Balaban J connectivity index is 5.84. The first kappa shape index (κ1) is 65.1. The molecule has 23 heteroatoms. The number of ether oxygens (including phenoxy) is 1. The molecule has 0 rings (SSSR count). The van der Waals surface area contributed by atoms with Crippen LogP contribution in [-0.2, 0) is 38.3 Å². The maximum Gasteiger partial charge on any atom is 0.408 e. The molecule has 408 valence electrons. The number of carbonyl (C=O) groups is 10. The van der Waals surface area contributed by atoms with Crippen LogP contribution in [0.1, 0.15) is 143 Å². The second-order valence-electron chi connectivity index (χ2n) is 21.5. The fourth-order valence-electron chi connectivity index (χ4n) is 6.81. The van der Waals surface area contributed by atoms with E-state index in [0.717, 1.165) is 0 Å². The minimum Gasteiger partial charge on any atom is -0.444 e. The van der Waals surface area contributed by atoms with E-state index in [0.29, 0.717) is 0 Å². The second-order valence-corrected chi connectivity index (χ2v) is 21.5. The summed E-state index contributed by atoms with van der Waals surface area (Å²) >= 11 is 0. The van der Waals surface area contributed by atoms with Crippen molar-refractivity contribution in [2.45, 2.75) is 203 Å². The number of primary amides is 1. The second kappa shape index (κ2) is 31.4. The lowest BCUT2D eigenvalue weighted by Crippen LogP contribution is -2.59. The molecule has 0 heterocycles. The highest BCUT2D eigenvalue weighted by molar-refractivity contribution is 5.97. The van der Waals surface area contributed by atoms with Gasteiger partial charge in [-0.2, -0.15) is 0 Å². The number of rotatable bonds is 29. The SMILES string of the molecule is CC(C)C[C@H](NC(=O)OC(C)(C)C)C(=O)N[C@@H](C)C(=O)N[C@@H](CC(C)C)C(=O)N[C@@H](C)C(=O)N[C@@H](CC(C)C)C(=O)N[C@@H](C)C(=O)N[C@@H](CC(C)C)C(=O)N[C@H](CNC(=O)N[C@@H](C)CNC(N)=O)C(C)C. The van der Waals surface area contributed by atoms with Crippen molar-refractivity contribution in [3.05, 3.63) is 0 Å². The maximum atomic E-state index is 13.7. The summed E-state index contributed by atoms with van der Waals surface area (Å²) in [5.41, 5.74) is 4.29. The Morgan fingerprint density at radius 2 is 0.732 bits per heavy atom. The first-order valence-corrected chi connectivity index (χ1v) is 24.8. The van der Waals surface area contributed by atoms with Crippen molar-refractivity contribution in [2.75, 3.05) is 13.1 Å². The Kier molecular flexibility index (Phi) is 28.8. The standard InChI is InChI=1S/C48H90N12O11/c1-24(2)18-33(42(65)54-31(13)40(63)58-35(20-26(5)6)44(67)59-37(28(9)10)23-51-46(69)52-29(11)22-50-45(49)68)56-38(61)30(12)53-41(64)34(19-25(3)4)57-39(62)32(14)55-43(66)36(21-27(7)8)60-47(70)71-48(15,16)17/h24-37H,18-23H2,1-17H3,(H,53,64)(H,54,65)(H,55,66)(H,56,61)(H,57,62)(H,58,63)(H,59,67)(H,60,70)(H3,49,50,68)(H2,51,52,69)/t29-,30-,31-,32-,33-,34-,35-,36-,37+/m0/s1.